The molecular weight excluding hydrogens is 264 g/mol. The van der Waals surface area contributed by atoms with Gasteiger partial charge in [-0.3, -0.25) is 0 Å². The minimum Gasteiger partial charge on any atom is -0.396 e. The van der Waals surface area contributed by atoms with Gasteiger partial charge in [-0.1, -0.05) is 6.92 Å². The average Bonchev–Trinajstić information content (AvgIpc) is 2.30. The molecule has 1 unspecified atom stereocenters. The molecule has 0 saturated heterocycles. The van der Waals surface area contributed by atoms with Gasteiger partial charge < -0.3 is 5.11 Å². The molecule has 1 aromatic carbocycles. The molecule has 102 valence electrons. The molecule has 1 aromatic rings. The number of halogens is 2. The van der Waals surface area contributed by atoms with Gasteiger partial charge in [0.15, 0.2) is 11.6 Å². The topological polar surface area (TPSA) is 66.4 Å². The highest BCUT2D eigenvalue weighted by molar-refractivity contribution is 7.89. The second-order valence-electron chi connectivity index (χ2n) is 4.05. The van der Waals surface area contributed by atoms with E-state index in [1.54, 1.807) is 6.92 Å². The summed E-state index contributed by atoms with van der Waals surface area (Å²) >= 11 is 0. The summed E-state index contributed by atoms with van der Waals surface area (Å²) in [5, 5.41) is 8.68. The van der Waals surface area contributed by atoms with Crippen molar-refractivity contribution < 1.29 is 22.3 Å². The first kappa shape index (κ1) is 15.0. The van der Waals surface area contributed by atoms with Crippen molar-refractivity contribution in [3.8, 4) is 0 Å². The summed E-state index contributed by atoms with van der Waals surface area (Å²) in [6.45, 7) is 1.86. The second kappa shape index (κ2) is 6.21. The predicted molar refractivity (Wildman–Crippen MR) is 62.4 cm³/mol. The van der Waals surface area contributed by atoms with Crippen molar-refractivity contribution in [1.29, 1.82) is 0 Å². The standard InChI is InChI=1S/C11H15F2NO3S/c1-8(4-5-15)7-14-18(16,17)9-2-3-10(12)11(13)6-9/h2-3,6,8,14-15H,4-5,7H2,1H3. The third kappa shape index (κ3) is 4.01. The van der Waals surface area contributed by atoms with E-state index in [0.717, 1.165) is 12.1 Å². The summed E-state index contributed by atoms with van der Waals surface area (Å²) in [6.07, 6.45) is 0.459. The van der Waals surface area contributed by atoms with E-state index >= 15 is 0 Å². The van der Waals surface area contributed by atoms with Gasteiger partial charge >= 0.3 is 0 Å². The largest absolute Gasteiger partial charge is 0.396 e. The number of aliphatic hydroxyl groups is 1. The van der Waals surface area contributed by atoms with Crippen LogP contribution in [0.15, 0.2) is 23.1 Å². The number of hydrogen-bond donors (Lipinski definition) is 2. The van der Waals surface area contributed by atoms with E-state index in [9.17, 15) is 17.2 Å². The first-order valence-corrected chi connectivity index (χ1v) is 6.90. The van der Waals surface area contributed by atoms with Crippen LogP contribution in [-0.4, -0.2) is 26.7 Å². The third-order valence-corrected chi connectivity index (χ3v) is 3.87. The molecule has 0 aliphatic rings. The summed E-state index contributed by atoms with van der Waals surface area (Å²) < 4.78 is 51.4. The normalized spacial score (nSPS) is 13.6. The Balaban J connectivity index is 2.77. The van der Waals surface area contributed by atoms with Crippen molar-refractivity contribution in [3.05, 3.63) is 29.8 Å². The van der Waals surface area contributed by atoms with Crippen LogP contribution in [-0.2, 0) is 10.0 Å². The summed E-state index contributed by atoms with van der Waals surface area (Å²) in [6, 6.07) is 2.40. The number of rotatable bonds is 6. The Bertz CT molecular complexity index is 505. The van der Waals surface area contributed by atoms with Gasteiger partial charge in [0.1, 0.15) is 0 Å². The molecule has 1 atom stereocenters. The van der Waals surface area contributed by atoms with E-state index in [-0.39, 0.29) is 24.0 Å². The van der Waals surface area contributed by atoms with E-state index in [1.807, 2.05) is 0 Å². The fourth-order valence-electron chi connectivity index (χ4n) is 1.30. The fraction of sp³-hybridized carbons (Fsp3) is 0.455. The predicted octanol–water partition coefficient (Wildman–Crippen LogP) is 1.26. The zero-order valence-corrected chi connectivity index (χ0v) is 10.7. The fourth-order valence-corrected chi connectivity index (χ4v) is 2.48. The van der Waals surface area contributed by atoms with Gasteiger partial charge in [0, 0.05) is 13.2 Å². The molecule has 0 spiro atoms. The van der Waals surface area contributed by atoms with Crippen molar-refractivity contribution in [2.45, 2.75) is 18.2 Å². The van der Waals surface area contributed by atoms with Crippen LogP contribution in [0.2, 0.25) is 0 Å². The molecule has 1 rings (SSSR count). The monoisotopic (exact) mass is 279 g/mol. The second-order valence-corrected chi connectivity index (χ2v) is 5.81. The molecule has 0 heterocycles. The number of aliphatic hydroxyl groups excluding tert-OH is 1. The summed E-state index contributed by atoms with van der Waals surface area (Å²) in [5.41, 5.74) is 0. The van der Waals surface area contributed by atoms with Crippen LogP contribution >= 0.6 is 0 Å². The van der Waals surface area contributed by atoms with E-state index in [1.165, 1.54) is 0 Å². The van der Waals surface area contributed by atoms with E-state index in [0.29, 0.717) is 12.5 Å². The molecule has 4 nitrogen and oxygen atoms in total. The number of benzene rings is 1. The van der Waals surface area contributed by atoms with Crippen molar-refractivity contribution in [2.75, 3.05) is 13.2 Å². The number of sulfonamides is 1. The maximum atomic E-state index is 12.9. The van der Waals surface area contributed by atoms with E-state index in [2.05, 4.69) is 4.72 Å². The summed E-state index contributed by atoms with van der Waals surface area (Å²) in [7, 11) is -3.85. The molecule has 0 bridgehead atoms. The molecule has 0 fully saturated rings. The maximum absolute atomic E-state index is 12.9. The third-order valence-electron chi connectivity index (χ3n) is 2.45. The minimum atomic E-state index is -3.85. The molecule has 0 aliphatic carbocycles. The van der Waals surface area contributed by atoms with Gasteiger partial charge in [-0.15, -0.1) is 0 Å². The molecular formula is C11H15F2NO3S. The highest BCUT2D eigenvalue weighted by atomic mass is 32.2. The van der Waals surface area contributed by atoms with Crippen LogP contribution in [0.25, 0.3) is 0 Å². The Morgan fingerprint density at radius 1 is 1.33 bits per heavy atom. The Morgan fingerprint density at radius 2 is 2.00 bits per heavy atom. The molecule has 7 heteroatoms. The molecule has 18 heavy (non-hydrogen) atoms. The molecule has 0 aromatic heterocycles. The van der Waals surface area contributed by atoms with Gasteiger partial charge in [0.25, 0.3) is 0 Å². The quantitative estimate of drug-likeness (QED) is 0.824. The molecule has 0 saturated carbocycles. The smallest absolute Gasteiger partial charge is 0.240 e. The maximum Gasteiger partial charge on any atom is 0.240 e. The van der Waals surface area contributed by atoms with Gasteiger partial charge in [0.2, 0.25) is 10.0 Å². The zero-order valence-electron chi connectivity index (χ0n) is 9.86. The lowest BCUT2D eigenvalue weighted by Gasteiger charge is -2.11. The lowest BCUT2D eigenvalue weighted by Crippen LogP contribution is -2.29. The van der Waals surface area contributed by atoms with Crippen LogP contribution < -0.4 is 4.72 Å². The Kier molecular flexibility index (Phi) is 5.18. The van der Waals surface area contributed by atoms with E-state index < -0.39 is 21.7 Å². The van der Waals surface area contributed by atoms with Gasteiger partial charge in [-0.05, 0) is 30.5 Å². The van der Waals surface area contributed by atoms with Gasteiger partial charge in [0.05, 0.1) is 4.90 Å². The molecule has 0 aliphatic heterocycles. The summed E-state index contributed by atoms with van der Waals surface area (Å²) in [5.74, 6) is -2.35. The van der Waals surface area contributed by atoms with Gasteiger partial charge in [-0.25, -0.2) is 21.9 Å². The minimum absolute atomic E-state index is 0.0337. The summed E-state index contributed by atoms with van der Waals surface area (Å²) in [4.78, 5) is -0.322. The van der Waals surface area contributed by atoms with Crippen molar-refractivity contribution in [3.63, 3.8) is 0 Å². The molecule has 2 N–H and O–H groups in total. The highest BCUT2D eigenvalue weighted by Gasteiger charge is 2.17. The Labute approximate surface area is 105 Å². The first-order valence-electron chi connectivity index (χ1n) is 5.42. The lowest BCUT2D eigenvalue weighted by atomic mass is 10.1. The number of nitrogens with one attached hydrogen (secondary N) is 1. The molecule has 0 amide bonds. The Morgan fingerprint density at radius 3 is 2.56 bits per heavy atom. The van der Waals surface area contributed by atoms with Crippen LogP contribution in [0.4, 0.5) is 8.78 Å². The van der Waals surface area contributed by atoms with Crippen molar-refractivity contribution in [1.82, 2.24) is 4.72 Å². The van der Waals surface area contributed by atoms with Gasteiger partial charge in [-0.2, -0.15) is 0 Å². The molecule has 0 radical (unpaired) electrons. The van der Waals surface area contributed by atoms with Crippen LogP contribution in [0.3, 0.4) is 0 Å². The van der Waals surface area contributed by atoms with E-state index in [4.69, 9.17) is 5.11 Å². The first-order chi connectivity index (χ1) is 8.36. The number of hydrogen-bond acceptors (Lipinski definition) is 3. The average molecular weight is 279 g/mol. The lowest BCUT2D eigenvalue weighted by molar-refractivity contribution is 0.263. The Hall–Kier alpha value is -1.05. The highest BCUT2D eigenvalue weighted by Crippen LogP contribution is 2.14. The SMILES string of the molecule is CC(CCO)CNS(=O)(=O)c1ccc(F)c(F)c1. The van der Waals surface area contributed by atoms with Crippen LogP contribution in [0, 0.1) is 17.6 Å². The van der Waals surface area contributed by atoms with Crippen molar-refractivity contribution >= 4 is 10.0 Å². The van der Waals surface area contributed by atoms with Crippen LogP contribution in [0.5, 0.6) is 0 Å². The zero-order chi connectivity index (χ0) is 13.8. The van der Waals surface area contributed by atoms with Crippen molar-refractivity contribution in [2.24, 2.45) is 5.92 Å². The van der Waals surface area contributed by atoms with Crippen LogP contribution in [0.1, 0.15) is 13.3 Å².